The van der Waals surface area contributed by atoms with E-state index in [1.165, 1.54) is 0 Å². The first-order chi connectivity index (χ1) is 6.24. The molecule has 0 aromatic heterocycles. The van der Waals surface area contributed by atoms with E-state index < -0.39 is 0 Å². The van der Waals surface area contributed by atoms with Crippen LogP contribution in [0.3, 0.4) is 0 Å². The SMILES string of the molecule is CNC(=O)C=C(C)c1ccccc1. The van der Waals surface area contributed by atoms with E-state index in [0.29, 0.717) is 0 Å². The summed E-state index contributed by atoms with van der Waals surface area (Å²) in [6.07, 6.45) is 1.59. The van der Waals surface area contributed by atoms with E-state index in [2.05, 4.69) is 5.32 Å². The van der Waals surface area contributed by atoms with E-state index in [4.69, 9.17) is 0 Å². The molecular weight excluding hydrogens is 162 g/mol. The molecule has 0 saturated heterocycles. The molecule has 0 bridgehead atoms. The summed E-state index contributed by atoms with van der Waals surface area (Å²) >= 11 is 0. The van der Waals surface area contributed by atoms with Gasteiger partial charge in [0.1, 0.15) is 0 Å². The summed E-state index contributed by atoms with van der Waals surface area (Å²) in [6.45, 7) is 1.92. The third-order valence-electron chi connectivity index (χ3n) is 1.82. The van der Waals surface area contributed by atoms with E-state index in [0.717, 1.165) is 11.1 Å². The summed E-state index contributed by atoms with van der Waals surface area (Å²) in [5.74, 6) is -0.0682. The van der Waals surface area contributed by atoms with Crippen LogP contribution in [-0.4, -0.2) is 13.0 Å². The van der Waals surface area contributed by atoms with Crippen LogP contribution in [0, 0.1) is 0 Å². The first kappa shape index (κ1) is 9.52. The highest BCUT2D eigenvalue weighted by Gasteiger charge is 1.96. The number of hydrogen-bond acceptors (Lipinski definition) is 1. The average Bonchev–Trinajstić information content (AvgIpc) is 2.19. The fourth-order valence-electron chi connectivity index (χ4n) is 1.05. The van der Waals surface area contributed by atoms with Crippen LogP contribution in [0.1, 0.15) is 12.5 Å². The Morgan fingerprint density at radius 3 is 2.46 bits per heavy atom. The summed E-state index contributed by atoms with van der Waals surface area (Å²) < 4.78 is 0. The smallest absolute Gasteiger partial charge is 0.244 e. The van der Waals surface area contributed by atoms with Gasteiger partial charge < -0.3 is 5.32 Å². The lowest BCUT2D eigenvalue weighted by molar-refractivity contribution is -0.116. The van der Waals surface area contributed by atoms with Crippen LogP contribution in [0.15, 0.2) is 36.4 Å². The number of rotatable bonds is 2. The van der Waals surface area contributed by atoms with Crippen molar-refractivity contribution in [2.45, 2.75) is 6.92 Å². The molecule has 0 saturated carbocycles. The molecule has 2 heteroatoms. The predicted octanol–water partition coefficient (Wildman–Crippen LogP) is 1.84. The maximum absolute atomic E-state index is 11.0. The number of nitrogens with one attached hydrogen (secondary N) is 1. The molecule has 1 amide bonds. The Bertz CT molecular complexity index is 314. The molecule has 0 heterocycles. The third-order valence-corrected chi connectivity index (χ3v) is 1.82. The van der Waals surface area contributed by atoms with Crippen LogP contribution in [0.4, 0.5) is 0 Å². The molecule has 0 aliphatic heterocycles. The largest absolute Gasteiger partial charge is 0.356 e. The summed E-state index contributed by atoms with van der Waals surface area (Å²) in [4.78, 5) is 11.0. The van der Waals surface area contributed by atoms with E-state index in [-0.39, 0.29) is 5.91 Å². The van der Waals surface area contributed by atoms with Gasteiger partial charge in [-0.15, -0.1) is 0 Å². The van der Waals surface area contributed by atoms with Crippen molar-refractivity contribution in [3.05, 3.63) is 42.0 Å². The molecule has 1 aromatic rings. The number of allylic oxidation sites excluding steroid dienone is 1. The van der Waals surface area contributed by atoms with Crippen LogP contribution < -0.4 is 5.32 Å². The predicted molar refractivity (Wildman–Crippen MR) is 54.2 cm³/mol. The minimum absolute atomic E-state index is 0.0682. The molecule has 2 nitrogen and oxygen atoms in total. The van der Waals surface area contributed by atoms with Crippen molar-refractivity contribution in [2.75, 3.05) is 7.05 Å². The maximum Gasteiger partial charge on any atom is 0.244 e. The van der Waals surface area contributed by atoms with Gasteiger partial charge in [0.05, 0.1) is 0 Å². The lowest BCUT2D eigenvalue weighted by atomic mass is 10.1. The zero-order valence-corrected chi connectivity index (χ0v) is 7.87. The van der Waals surface area contributed by atoms with Gasteiger partial charge in [0, 0.05) is 13.1 Å². The van der Waals surface area contributed by atoms with Crippen LogP contribution in [0.2, 0.25) is 0 Å². The molecule has 0 aliphatic carbocycles. The van der Waals surface area contributed by atoms with Crippen LogP contribution in [0.5, 0.6) is 0 Å². The van der Waals surface area contributed by atoms with Crippen molar-refractivity contribution in [3.8, 4) is 0 Å². The van der Waals surface area contributed by atoms with Gasteiger partial charge in [-0.3, -0.25) is 4.79 Å². The first-order valence-corrected chi connectivity index (χ1v) is 4.19. The van der Waals surface area contributed by atoms with Crippen molar-refractivity contribution in [1.29, 1.82) is 0 Å². The zero-order chi connectivity index (χ0) is 9.68. The van der Waals surface area contributed by atoms with Gasteiger partial charge in [-0.25, -0.2) is 0 Å². The minimum atomic E-state index is -0.0682. The molecule has 0 unspecified atom stereocenters. The molecule has 0 radical (unpaired) electrons. The van der Waals surface area contributed by atoms with E-state index in [1.54, 1.807) is 13.1 Å². The first-order valence-electron chi connectivity index (χ1n) is 4.19. The second kappa shape index (κ2) is 4.45. The summed E-state index contributed by atoms with van der Waals surface area (Å²) in [5.41, 5.74) is 2.05. The molecule has 0 spiro atoms. The summed E-state index contributed by atoms with van der Waals surface area (Å²) in [7, 11) is 1.62. The van der Waals surface area contributed by atoms with E-state index >= 15 is 0 Å². The molecular formula is C11H13NO. The second-order valence-electron chi connectivity index (χ2n) is 2.81. The molecule has 0 aliphatic rings. The Hall–Kier alpha value is -1.57. The Morgan fingerprint density at radius 2 is 1.92 bits per heavy atom. The average molecular weight is 175 g/mol. The van der Waals surface area contributed by atoms with Crippen molar-refractivity contribution in [1.82, 2.24) is 5.32 Å². The number of benzene rings is 1. The number of likely N-dealkylation sites (N-methyl/N-ethyl adjacent to an activating group) is 1. The van der Waals surface area contributed by atoms with Gasteiger partial charge in [0.25, 0.3) is 0 Å². The van der Waals surface area contributed by atoms with Gasteiger partial charge in [-0.05, 0) is 18.1 Å². The van der Waals surface area contributed by atoms with Gasteiger partial charge >= 0.3 is 0 Å². The standard InChI is InChI=1S/C11H13NO/c1-9(8-11(13)12-2)10-6-4-3-5-7-10/h3-8H,1-2H3,(H,12,13). The highest BCUT2D eigenvalue weighted by molar-refractivity contribution is 5.94. The number of carbonyl (C=O) groups is 1. The zero-order valence-electron chi connectivity index (χ0n) is 7.87. The van der Waals surface area contributed by atoms with Crippen molar-refractivity contribution in [3.63, 3.8) is 0 Å². The summed E-state index contributed by atoms with van der Waals surface area (Å²) in [6, 6.07) is 9.83. The lowest BCUT2D eigenvalue weighted by Gasteiger charge is -1.99. The topological polar surface area (TPSA) is 29.1 Å². The van der Waals surface area contributed by atoms with Gasteiger partial charge in [0.2, 0.25) is 5.91 Å². The summed E-state index contributed by atoms with van der Waals surface area (Å²) in [5, 5.41) is 2.55. The molecule has 1 rings (SSSR count). The molecule has 68 valence electrons. The fraction of sp³-hybridized carbons (Fsp3) is 0.182. The Kier molecular flexibility index (Phi) is 3.26. The molecule has 0 fully saturated rings. The monoisotopic (exact) mass is 175 g/mol. The van der Waals surface area contributed by atoms with Gasteiger partial charge in [0.15, 0.2) is 0 Å². The van der Waals surface area contributed by atoms with Crippen molar-refractivity contribution >= 4 is 11.5 Å². The quantitative estimate of drug-likeness (QED) is 0.683. The third kappa shape index (κ3) is 2.75. The number of carbonyl (C=O) groups excluding carboxylic acids is 1. The Labute approximate surface area is 78.3 Å². The Balaban J connectivity index is 2.85. The van der Waals surface area contributed by atoms with E-state index in [9.17, 15) is 4.79 Å². The minimum Gasteiger partial charge on any atom is -0.356 e. The second-order valence-corrected chi connectivity index (χ2v) is 2.81. The highest BCUT2D eigenvalue weighted by Crippen LogP contribution is 2.11. The lowest BCUT2D eigenvalue weighted by Crippen LogP contribution is -2.14. The van der Waals surface area contributed by atoms with Crippen molar-refractivity contribution in [2.24, 2.45) is 0 Å². The van der Waals surface area contributed by atoms with Gasteiger partial charge in [-0.1, -0.05) is 30.3 Å². The van der Waals surface area contributed by atoms with Crippen LogP contribution in [-0.2, 0) is 4.79 Å². The molecule has 0 atom stereocenters. The van der Waals surface area contributed by atoms with Gasteiger partial charge in [-0.2, -0.15) is 0 Å². The van der Waals surface area contributed by atoms with Crippen LogP contribution in [0.25, 0.3) is 5.57 Å². The number of amides is 1. The number of hydrogen-bond donors (Lipinski definition) is 1. The Morgan fingerprint density at radius 1 is 1.31 bits per heavy atom. The van der Waals surface area contributed by atoms with Crippen molar-refractivity contribution < 1.29 is 4.79 Å². The molecule has 1 N–H and O–H groups in total. The normalized spacial score (nSPS) is 11.1. The highest BCUT2D eigenvalue weighted by atomic mass is 16.1. The molecule has 1 aromatic carbocycles. The fourth-order valence-corrected chi connectivity index (χ4v) is 1.05. The van der Waals surface area contributed by atoms with Crippen LogP contribution >= 0.6 is 0 Å². The van der Waals surface area contributed by atoms with E-state index in [1.807, 2.05) is 37.3 Å². The molecule has 13 heavy (non-hydrogen) atoms. The maximum atomic E-state index is 11.0.